The van der Waals surface area contributed by atoms with Gasteiger partial charge in [0.2, 0.25) is 0 Å². The van der Waals surface area contributed by atoms with Gasteiger partial charge in [-0.05, 0) is 36.3 Å². The van der Waals surface area contributed by atoms with Crippen molar-refractivity contribution in [3.8, 4) is 17.2 Å². The van der Waals surface area contributed by atoms with Crippen molar-refractivity contribution < 1.29 is 19.0 Å². The predicted octanol–water partition coefficient (Wildman–Crippen LogP) is 4.28. The second-order valence-corrected chi connectivity index (χ2v) is 7.20. The summed E-state index contributed by atoms with van der Waals surface area (Å²) < 4.78 is 16.2. The second-order valence-electron chi connectivity index (χ2n) is 7.20. The van der Waals surface area contributed by atoms with Crippen LogP contribution >= 0.6 is 0 Å². The van der Waals surface area contributed by atoms with Crippen LogP contribution in [0.3, 0.4) is 0 Å². The van der Waals surface area contributed by atoms with E-state index >= 15 is 0 Å². The van der Waals surface area contributed by atoms with Gasteiger partial charge in [-0.25, -0.2) is 0 Å². The van der Waals surface area contributed by atoms with Crippen LogP contribution in [0, 0.1) is 5.92 Å². The van der Waals surface area contributed by atoms with Crippen molar-refractivity contribution in [3.05, 3.63) is 47.0 Å². The van der Waals surface area contributed by atoms with Crippen molar-refractivity contribution in [2.75, 3.05) is 46.1 Å². The van der Waals surface area contributed by atoms with Gasteiger partial charge in [-0.1, -0.05) is 13.8 Å². The molecule has 0 saturated carbocycles. The second kappa shape index (κ2) is 9.37. The topological polar surface area (TPSA) is 74.0 Å². The summed E-state index contributed by atoms with van der Waals surface area (Å²) in [6.45, 7) is 3.96. The van der Waals surface area contributed by atoms with Crippen molar-refractivity contribution in [1.29, 1.82) is 0 Å². The number of Topliss-reactive ketones (excluding diaryl/α,β-unsaturated/α-hetero) is 1. The van der Waals surface area contributed by atoms with Crippen molar-refractivity contribution in [2.24, 2.45) is 5.92 Å². The number of hydrogen-bond donors (Lipinski definition) is 1. The van der Waals surface area contributed by atoms with Crippen LogP contribution in [-0.4, -0.2) is 41.2 Å². The highest BCUT2D eigenvalue weighted by Gasteiger charge is 2.19. The highest BCUT2D eigenvalue weighted by Crippen LogP contribution is 2.36. The molecule has 2 N–H and O–H groups in total. The number of nitrogen functional groups attached to an aromatic ring is 1. The molecule has 0 radical (unpaired) electrons. The van der Waals surface area contributed by atoms with Crippen LogP contribution in [0.1, 0.15) is 29.8 Å². The van der Waals surface area contributed by atoms with Gasteiger partial charge in [0, 0.05) is 36.9 Å². The molecule has 0 aliphatic carbocycles. The lowest BCUT2D eigenvalue weighted by Crippen LogP contribution is -2.13. The summed E-state index contributed by atoms with van der Waals surface area (Å²) in [5, 5.41) is 0. The van der Waals surface area contributed by atoms with Crippen LogP contribution < -0.4 is 24.8 Å². The first-order chi connectivity index (χ1) is 13.7. The van der Waals surface area contributed by atoms with Gasteiger partial charge in [-0.15, -0.1) is 0 Å². The first kappa shape index (κ1) is 22.1. The first-order valence-electron chi connectivity index (χ1n) is 9.36. The Morgan fingerprint density at radius 2 is 1.55 bits per heavy atom. The molecule has 29 heavy (non-hydrogen) atoms. The Morgan fingerprint density at radius 3 is 2.03 bits per heavy atom. The van der Waals surface area contributed by atoms with Crippen LogP contribution in [0.2, 0.25) is 0 Å². The zero-order valence-corrected chi connectivity index (χ0v) is 18.2. The van der Waals surface area contributed by atoms with E-state index in [1.807, 2.05) is 45.0 Å². The van der Waals surface area contributed by atoms with Crippen molar-refractivity contribution in [1.82, 2.24) is 0 Å². The van der Waals surface area contributed by atoms with Gasteiger partial charge in [0.05, 0.1) is 32.7 Å². The Morgan fingerprint density at radius 1 is 0.966 bits per heavy atom. The molecule has 0 aliphatic heterocycles. The van der Waals surface area contributed by atoms with Gasteiger partial charge in [0.25, 0.3) is 0 Å². The zero-order chi connectivity index (χ0) is 21.7. The molecule has 156 valence electrons. The van der Waals surface area contributed by atoms with Crippen molar-refractivity contribution in [3.63, 3.8) is 0 Å². The molecule has 0 saturated heterocycles. The molecular formula is C23H30N2O4. The van der Waals surface area contributed by atoms with E-state index in [0.717, 1.165) is 11.3 Å². The van der Waals surface area contributed by atoms with Gasteiger partial charge in [-0.2, -0.15) is 0 Å². The highest BCUT2D eigenvalue weighted by molar-refractivity contribution is 6.12. The summed E-state index contributed by atoms with van der Waals surface area (Å²) in [4.78, 5) is 15.2. The molecule has 0 amide bonds. The maximum absolute atomic E-state index is 13.3. The van der Waals surface area contributed by atoms with E-state index in [9.17, 15) is 4.79 Å². The van der Waals surface area contributed by atoms with Gasteiger partial charge in [0.15, 0.2) is 17.3 Å². The number of carbonyl (C=O) groups excluding carboxylic acids is 1. The van der Waals surface area contributed by atoms with E-state index < -0.39 is 0 Å². The molecule has 0 bridgehead atoms. The number of ether oxygens (including phenoxy) is 3. The third-order valence-electron chi connectivity index (χ3n) is 4.70. The SMILES string of the molecule is COc1cc(OC)c(OC)cc1/C=C(/C(=O)c1ccc(N(C)C)c(N)c1)C(C)C. The number of benzene rings is 2. The van der Waals surface area contributed by atoms with Gasteiger partial charge < -0.3 is 24.8 Å². The van der Waals surface area contributed by atoms with E-state index in [-0.39, 0.29) is 11.7 Å². The lowest BCUT2D eigenvalue weighted by molar-refractivity contribution is 0.102. The van der Waals surface area contributed by atoms with Crippen molar-refractivity contribution in [2.45, 2.75) is 13.8 Å². The molecule has 0 heterocycles. The highest BCUT2D eigenvalue weighted by atomic mass is 16.5. The quantitative estimate of drug-likeness (QED) is 0.406. The predicted molar refractivity (Wildman–Crippen MR) is 118 cm³/mol. The number of nitrogens with two attached hydrogens (primary N) is 1. The molecule has 2 aromatic rings. The van der Waals surface area contributed by atoms with E-state index in [4.69, 9.17) is 19.9 Å². The molecule has 6 heteroatoms. The van der Waals surface area contributed by atoms with Gasteiger partial charge >= 0.3 is 0 Å². The van der Waals surface area contributed by atoms with E-state index in [0.29, 0.717) is 34.1 Å². The molecule has 0 aromatic heterocycles. The molecule has 0 spiro atoms. The standard InChI is InChI=1S/C23H30N2O4/c1-14(2)17(23(26)15-8-9-19(25(3)4)18(24)11-15)10-16-12-21(28-6)22(29-7)13-20(16)27-5/h8-14H,24H2,1-7H3/b17-10+. The van der Waals surface area contributed by atoms with Crippen molar-refractivity contribution >= 4 is 23.2 Å². The molecule has 2 aromatic carbocycles. The van der Waals surface area contributed by atoms with Crippen LogP contribution in [0.25, 0.3) is 6.08 Å². The number of methoxy groups -OCH3 is 3. The van der Waals surface area contributed by atoms with E-state index in [1.165, 1.54) is 0 Å². The molecule has 6 nitrogen and oxygen atoms in total. The number of ketones is 1. The van der Waals surface area contributed by atoms with E-state index in [2.05, 4.69) is 0 Å². The summed E-state index contributed by atoms with van der Waals surface area (Å²) in [5.41, 5.74) is 9.51. The summed E-state index contributed by atoms with van der Waals surface area (Å²) in [5.74, 6) is 1.64. The third-order valence-corrected chi connectivity index (χ3v) is 4.70. The normalized spacial score (nSPS) is 11.4. The number of anilines is 2. The zero-order valence-electron chi connectivity index (χ0n) is 18.2. The fourth-order valence-corrected chi connectivity index (χ4v) is 3.10. The molecule has 0 aliphatic rings. The minimum Gasteiger partial charge on any atom is -0.496 e. The number of hydrogen-bond acceptors (Lipinski definition) is 6. The van der Waals surface area contributed by atoms with Gasteiger partial charge in [0.1, 0.15) is 5.75 Å². The summed E-state index contributed by atoms with van der Waals surface area (Å²) in [6.07, 6.45) is 1.84. The fraction of sp³-hybridized carbons (Fsp3) is 0.348. The Kier molecular flexibility index (Phi) is 7.15. The first-order valence-corrected chi connectivity index (χ1v) is 9.36. The van der Waals surface area contributed by atoms with Crippen LogP contribution in [0.15, 0.2) is 35.9 Å². The smallest absolute Gasteiger partial charge is 0.189 e. The van der Waals surface area contributed by atoms with Crippen LogP contribution in [0.4, 0.5) is 11.4 Å². The Labute approximate surface area is 172 Å². The monoisotopic (exact) mass is 398 g/mol. The Bertz CT molecular complexity index is 917. The van der Waals surface area contributed by atoms with E-state index in [1.54, 1.807) is 45.6 Å². The van der Waals surface area contributed by atoms with Crippen LogP contribution in [-0.2, 0) is 0 Å². The number of rotatable bonds is 8. The summed E-state index contributed by atoms with van der Waals surface area (Å²) in [6, 6.07) is 8.93. The maximum atomic E-state index is 13.3. The van der Waals surface area contributed by atoms with Gasteiger partial charge in [-0.3, -0.25) is 4.79 Å². The molecule has 0 fully saturated rings. The molecular weight excluding hydrogens is 368 g/mol. The number of carbonyl (C=O) groups is 1. The summed E-state index contributed by atoms with van der Waals surface area (Å²) >= 11 is 0. The van der Waals surface area contributed by atoms with Crippen LogP contribution in [0.5, 0.6) is 17.2 Å². The third kappa shape index (κ3) is 4.83. The number of allylic oxidation sites excluding steroid dienone is 1. The minimum atomic E-state index is -0.0751. The average Bonchev–Trinajstić information content (AvgIpc) is 2.70. The Balaban J connectivity index is 2.55. The molecule has 0 atom stereocenters. The maximum Gasteiger partial charge on any atom is 0.189 e. The largest absolute Gasteiger partial charge is 0.496 e. The lowest BCUT2D eigenvalue weighted by Gasteiger charge is -2.17. The minimum absolute atomic E-state index is 0.00458. The fourth-order valence-electron chi connectivity index (χ4n) is 3.10. The number of nitrogens with zero attached hydrogens (tertiary/aromatic N) is 1. The Hall–Kier alpha value is -3.15. The molecule has 2 rings (SSSR count). The lowest BCUT2D eigenvalue weighted by atomic mass is 9.91. The summed E-state index contributed by atoms with van der Waals surface area (Å²) in [7, 11) is 8.54. The average molecular weight is 399 g/mol. The molecule has 0 unspecified atom stereocenters.